The summed E-state index contributed by atoms with van der Waals surface area (Å²) in [5.41, 5.74) is 1.55. The molecule has 4 rings (SSSR count). The molecule has 4 atom stereocenters. The van der Waals surface area contributed by atoms with Crippen LogP contribution < -0.4 is 0 Å². The second-order valence-electron chi connectivity index (χ2n) is 8.04. The van der Waals surface area contributed by atoms with Gasteiger partial charge in [-0.25, -0.2) is 0 Å². The first-order chi connectivity index (χ1) is 13.7. The Bertz CT molecular complexity index is 840. The van der Waals surface area contributed by atoms with E-state index in [-0.39, 0.29) is 6.42 Å². The Hall–Kier alpha value is -2.50. The minimum Gasteiger partial charge on any atom is -0.481 e. The average Bonchev–Trinajstić information content (AvgIpc) is 3.39. The minimum atomic E-state index is -0.717. The number of hydrogen-bond acceptors (Lipinski definition) is 5. The lowest BCUT2D eigenvalue weighted by Gasteiger charge is -2.28. The third kappa shape index (κ3) is 4.32. The van der Waals surface area contributed by atoms with Crippen LogP contribution in [0.2, 0.25) is 0 Å². The molecule has 0 aliphatic heterocycles. The zero-order chi connectivity index (χ0) is 19.3. The van der Waals surface area contributed by atoms with Crippen molar-refractivity contribution in [3.05, 3.63) is 36.4 Å². The number of carboxylic acids is 1. The summed E-state index contributed by atoms with van der Waals surface area (Å²) in [5, 5.41) is 17.4. The summed E-state index contributed by atoms with van der Waals surface area (Å²) in [4.78, 5) is 14.9. The third-order valence-corrected chi connectivity index (χ3v) is 6.34. The topological polar surface area (TPSA) is 88.0 Å². The molecule has 2 aromatic rings. The number of aliphatic carboxylic acids is 1. The Morgan fingerprint density at radius 3 is 2.86 bits per heavy atom. The molecule has 4 unspecified atom stereocenters. The SMILES string of the molecule is O=C(O)CCCC=CCC1C2CCC(C2)C1CN=Nc1nc2ccccc2o1. The number of rotatable bonds is 9. The van der Waals surface area contributed by atoms with Crippen molar-refractivity contribution in [2.75, 3.05) is 6.54 Å². The summed E-state index contributed by atoms with van der Waals surface area (Å²) in [6, 6.07) is 7.98. The molecule has 6 heteroatoms. The summed E-state index contributed by atoms with van der Waals surface area (Å²) >= 11 is 0. The Kier molecular flexibility index (Phi) is 5.84. The minimum absolute atomic E-state index is 0.247. The molecule has 2 saturated carbocycles. The van der Waals surface area contributed by atoms with Crippen LogP contribution in [0.4, 0.5) is 6.01 Å². The molecular formula is C22H27N3O3. The maximum absolute atomic E-state index is 10.6. The van der Waals surface area contributed by atoms with E-state index in [0.29, 0.717) is 24.3 Å². The largest absolute Gasteiger partial charge is 0.481 e. The second-order valence-corrected chi connectivity index (χ2v) is 8.04. The fourth-order valence-electron chi connectivity index (χ4n) is 5.02. The standard InChI is InChI=1S/C22H27N3O3/c26-21(27)10-4-2-1-3-7-17-15-11-12-16(13-15)18(17)14-23-25-22-24-19-8-5-6-9-20(19)28-22/h1,3,5-6,8-9,15-18H,2,4,7,10-14H2,(H,26,27). The highest BCUT2D eigenvalue weighted by Gasteiger charge is 2.46. The third-order valence-electron chi connectivity index (χ3n) is 6.34. The molecule has 2 fully saturated rings. The number of fused-ring (bicyclic) bond motifs is 3. The van der Waals surface area contributed by atoms with E-state index in [1.54, 1.807) is 0 Å². The molecule has 0 spiro atoms. The van der Waals surface area contributed by atoms with Crippen molar-refractivity contribution < 1.29 is 14.3 Å². The first-order valence-electron chi connectivity index (χ1n) is 10.3. The number of para-hydroxylation sites is 2. The highest BCUT2D eigenvalue weighted by molar-refractivity contribution is 5.73. The molecule has 2 bridgehead atoms. The van der Waals surface area contributed by atoms with E-state index >= 15 is 0 Å². The van der Waals surface area contributed by atoms with Crippen LogP contribution >= 0.6 is 0 Å². The summed E-state index contributed by atoms with van der Waals surface area (Å²) in [7, 11) is 0. The Balaban J connectivity index is 1.31. The second kappa shape index (κ2) is 8.67. The van der Waals surface area contributed by atoms with E-state index in [1.165, 1.54) is 19.3 Å². The molecule has 0 radical (unpaired) electrons. The number of azo groups is 1. The lowest BCUT2D eigenvalue weighted by atomic mass is 9.77. The molecule has 0 amide bonds. The maximum atomic E-state index is 10.6. The maximum Gasteiger partial charge on any atom is 0.341 e. The fourth-order valence-corrected chi connectivity index (χ4v) is 5.02. The van der Waals surface area contributed by atoms with Gasteiger partial charge in [0.25, 0.3) is 0 Å². The summed E-state index contributed by atoms with van der Waals surface area (Å²) in [6.07, 6.45) is 11.2. The zero-order valence-corrected chi connectivity index (χ0v) is 16.0. The number of carbonyl (C=O) groups is 1. The molecule has 1 heterocycles. The van der Waals surface area contributed by atoms with E-state index in [2.05, 4.69) is 27.4 Å². The molecule has 1 aromatic carbocycles. The van der Waals surface area contributed by atoms with E-state index < -0.39 is 5.97 Å². The van der Waals surface area contributed by atoms with Crippen LogP contribution in [0.25, 0.3) is 11.1 Å². The molecule has 0 saturated heterocycles. The van der Waals surface area contributed by atoms with Crippen LogP contribution in [0.15, 0.2) is 51.1 Å². The van der Waals surface area contributed by atoms with Gasteiger partial charge in [0.1, 0.15) is 5.52 Å². The summed E-state index contributed by atoms with van der Waals surface area (Å²) in [5.74, 6) is 2.09. The van der Waals surface area contributed by atoms with Crippen LogP contribution in [-0.4, -0.2) is 22.6 Å². The van der Waals surface area contributed by atoms with E-state index in [0.717, 1.165) is 42.3 Å². The molecule has 148 valence electrons. The Labute approximate surface area is 164 Å². The van der Waals surface area contributed by atoms with Gasteiger partial charge < -0.3 is 9.52 Å². The van der Waals surface area contributed by atoms with Gasteiger partial charge in [-0.1, -0.05) is 29.4 Å². The van der Waals surface area contributed by atoms with Crippen LogP contribution in [-0.2, 0) is 4.79 Å². The fraction of sp³-hybridized carbons (Fsp3) is 0.545. The lowest BCUT2D eigenvalue weighted by Crippen LogP contribution is -2.24. The number of allylic oxidation sites excluding steroid dienone is 2. The van der Waals surface area contributed by atoms with Gasteiger partial charge in [0.2, 0.25) is 0 Å². The predicted octanol–water partition coefficient (Wildman–Crippen LogP) is 5.78. The van der Waals surface area contributed by atoms with Crippen LogP contribution in [0.1, 0.15) is 44.9 Å². The number of oxazole rings is 1. The van der Waals surface area contributed by atoms with Gasteiger partial charge in [0.15, 0.2) is 5.58 Å². The first-order valence-corrected chi connectivity index (χ1v) is 10.3. The van der Waals surface area contributed by atoms with E-state index in [9.17, 15) is 4.79 Å². The molecule has 1 aromatic heterocycles. The van der Waals surface area contributed by atoms with Gasteiger partial charge in [-0.3, -0.25) is 4.79 Å². The van der Waals surface area contributed by atoms with Gasteiger partial charge in [-0.05, 0) is 74.3 Å². The smallest absolute Gasteiger partial charge is 0.341 e. The van der Waals surface area contributed by atoms with Crippen molar-refractivity contribution in [2.24, 2.45) is 33.9 Å². The molecular weight excluding hydrogens is 354 g/mol. The van der Waals surface area contributed by atoms with E-state index in [1.807, 2.05) is 24.3 Å². The molecule has 2 aliphatic rings. The van der Waals surface area contributed by atoms with Crippen molar-refractivity contribution in [3.63, 3.8) is 0 Å². The number of hydrogen-bond donors (Lipinski definition) is 1. The van der Waals surface area contributed by atoms with E-state index in [4.69, 9.17) is 9.52 Å². The normalized spacial score (nSPS) is 26.9. The summed E-state index contributed by atoms with van der Waals surface area (Å²) in [6.45, 7) is 0.734. The van der Waals surface area contributed by atoms with Gasteiger partial charge >= 0.3 is 12.0 Å². The highest BCUT2D eigenvalue weighted by Crippen LogP contribution is 2.53. The predicted molar refractivity (Wildman–Crippen MR) is 106 cm³/mol. The molecule has 28 heavy (non-hydrogen) atoms. The lowest BCUT2D eigenvalue weighted by molar-refractivity contribution is -0.137. The number of aromatic nitrogens is 1. The molecule has 6 nitrogen and oxygen atoms in total. The van der Waals surface area contributed by atoms with Gasteiger partial charge in [-0.2, -0.15) is 10.1 Å². The number of benzene rings is 1. The number of carboxylic acid groups (broad SMARTS) is 1. The van der Waals surface area contributed by atoms with Crippen molar-refractivity contribution in [1.29, 1.82) is 0 Å². The number of nitrogens with zero attached hydrogens (tertiary/aromatic N) is 3. The van der Waals surface area contributed by atoms with Crippen molar-refractivity contribution >= 4 is 23.1 Å². The van der Waals surface area contributed by atoms with Crippen molar-refractivity contribution in [1.82, 2.24) is 4.98 Å². The quantitative estimate of drug-likeness (QED) is 0.339. The zero-order valence-electron chi connectivity index (χ0n) is 16.0. The monoisotopic (exact) mass is 381 g/mol. The van der Waals surface area contributed by atoms with Gasteiger partial charge in [0.05, 0.1) is 6.54 Å². The Morgan fingerprint density at radius 1 is 1.21 bits per heavy atom. The molecule has 2 aliphatic carbocycles. The average molecular weight is 381 g/mol. The van der Waals surface area contributed by atoms with Crippen molar-refractivity contribution in [3.8, 4) is 0 Å². The molecule has 1 N–H and O–H groups in total. The first kappa shape index (κ1) is 18.8. The van der Waals surface area contributed by atoms with Crippen LogP contribution in [0.3, 0.4) is 0 Å². The van der Waals surface area contributed by atoms with Gasteiger partial charge in [-0.15, -0.1) is 0 Å². The highest BCUT2D eigenvalue weighted by atomic mass is 16.4. The number of unbranched alkanes of at least 4 members (excludes halogenated alkanes) is 1. The van der Waals surface area contributed by atoms with Crippen molar-refractivity contribution in [2.45, 2.75) is 44.9 Å². The van der Waals surface area contributed by atoms with Crippen LogP contribution in [0, 0.1) is 23.7 Å². The Morgan fingerprint density at radius 2 is 2.04 bits per heavy atom. The summed E-state index contributed by atoms with van der Waals surface area (Å²) < 4.78 is 5.62. The van der Waals surface area contributed by atoms with Crippen LogP contribution in [0.5, 0.6) is 0 Å². The van der Waals surface area contributed by atoms with Gasteiger partial charge in [0, 0.05) is 6.42 Å².